The van der Waals surface area contributed by atoms with Gasteiger partial charge in [0.2, 0.25) is 0 Å². The first-order chi connectivity index (χ1) is 6.91. The predicted octanol–water partition coefficient (Wildman–Crippen LogP) is 3.17. The van der Waals surface area contributed by atoms with E-state index in [4.69, 9.17) is 5.11 Å². The van der Waals surface area contributed by atoms with Gasteiger partial charge in [-0.15, -0.1) is 0 Å². The fourth-order valence-electron chi connectivity index (χ4n) is 0.941. The van der Waals surface area contributed by atoms with Crippen molar-refractivity contribution >= 4 is 37.8 Å². The monoisotopic (exact) mass is 343 g/mol. The Bertz CT molecular complexity index is 398. The lowest BCUT2D eigenvalue weighted by Gasteiger charge is -2.07. The van der Waals surface area contributed by atoms with Crippen LogP contribution in [0.3, 0.4) is 0 Å². The molecule has 1 N–H and O–H groups in total. The molecule has 1 rings (SSSR count). The number of hydrogen-bond acceptors (Lipinski definition) is 2. The van der Waals surface area contributed by atoms with Crippen molar-refractivity contribution in [1.29, 1.82) is 0 Å². The first kappa shape index (κ1) is 12.5. The minimum absolute atomic E-state index is 0.0843. The zero-order chi connectivity index (χ0) is 11.6. The highest BCUT2D eigenvalue weighted by atomic mass is 79.9. The average molecular weight is 345 g/mol. The molecule has 0 radical (unpaired) electrons. The van der Waals surface area contributed by atoms with E-state index in [9.17, 15) is 13.6 Å². The molecule has 3 nitrogen and oxygen atoms in total. The Morgan fingerprint density at radius 3 is 2.53 bits per heavy atom. The maximum absolute atomic E-state index is 12.4. The zero-order valence-corrected chi connectivity index (χ0v) is 10.3. The van der Waals surface area contributed by atoms with Gasteiger partial charge in [-0.25, -0.2) is 13.8 Å². The summed E-state index contributed by atoms with van der Waals surface area (Å²) in [5.74, 6) is -1.12. The molecule has 0 fully saturated rings. The van der Waals surface area contributed by atoms with Crippen molar-refractivity contribution in [2.45, 2.75) is 12.8 Å². The van der Waals surface area contributed by atoms with E-state index in [1.165, 1.54) is 6.07 Å². The van der Waals surface area contributed by atoms with Crippen molar-refractivity contribution in [1.82, 2.24) is 4.98 Å². The number of aromatic nitrogens is 1. The number of carboxylic acids is 1. The molecule has 0 aromatic carbocycles. The smallest absolute Gasteiger partial charge is 0.309 e. The van der Waals surface area contributed by atoms with E-state index in [0.717, 1.165) is 0 Å². The standard InChI is InChI=1S/C8H5Br2F2NO2/c9-3-1-4(10)7(8(11)12)13-5(3)2-6(14)15/h1,8H,2H2,(H,14,15). The number of halogens is 4. The number of alkyl halides is 2. The lowest BCUT2D eigenvalue weighted by molar-refractivity contribution is -0.136. The van der Waals surface area contributed by atoms with Gasteiger partial charge in [-0.1, -0.05) is 0 Å². The minimum atomic E-state index is -2.74. The van der Waals surface area contributed by atoms with E-state index in [1.54, 1.807) is 0 Å². The third kappa shape index (κ3) is 3.20. The molecule has 82 valence electrons. The third-order valence-corrected chi connectivity index (χ3v) is 2.88. The zero-order valence-electron chi connectivity index (χ0n) is 7.18. The Kier molecular flexibility index (Phi) is 4.15. The van der Waals surface area contributed by atoms with Gasteiger partial charge in [-0.3, -0.25) is 4.79 Å². The molecule has 0 amide bonds. The maximum Gasteiger partial charge on any atom is 0.309 e. The van der Waals surface area contributed by atoms with Crippen molar-refractivity contribution in [2.24, 2.45) is 0 Å². The molecule has 7 heteroatoms. The number of rotatable bonds is 3. The van der Waals surface area contributed by atoms with Crippen LogP contribution < -0.4 is 0 Å². The Morgan fingerprint density at radius 2 is 2.07 bits per heavy atom. The summed E-state index contributed by atoms with van der Waals surface area (Å²) in [5.41, 5.74) is -0.365. The average Bonchev–Trinajstić information content (AvgIpc) is 2.08. The van der Waals surface area contributed by atoms with E-state index < -0.39 is 24.5 Å². The van der Waals surface area contributed by atoms with E-state index >= 15 is 0 Å². The van der Waals surface area contributed by atoms with Crippen molar-refractivity contribution in [2.75, 3.05) is 0 Å². The summed E-state index contributed by atoms with van der Waals surface area (Å²) >= 11 is 5.99. The van der Waals surface area contributed by atoms with Gasteiger partial charge in [-0.05, 0) is 37.9 Å². The molecule has 0 saturated heterocycles. The number of carbonyl (C=O) groups is 1. The van der Waals surface area contributed by atoms with Crippen LogP contribution in [-0.2, 0) is 11.2 Å². The summed E-state index contributed by atoms with van der Waals surface area (Å²) in [6, 6.07) is 1.37. The second kappa shape index (κ2) is 4.98. The first-order valence-corrected chi connectivity index (χ1v) is 5.35. The molecule has 0 unspecified atom stereocenters. The Hall–Kier alpha value is -0.560. The normalized spacial score (nSPS) is 10.7. The molecule has 0 aliphatic carbocycles. The third-order valence-electron chi connectivity index (χ3n) is 1.55. The van der Waals surface area contributed by atoms with Gasteiger partial charge < -0.3 is 5.11 Å². The molecule has 1 aromatic heterocycles. The lowest BCUT2D eigenvalue weighted by atomic mass is 10.2. The molecule has 0 bridgehead atoms. The summed E-state index contributed by atoms with van der Waals surface area (Å²) in [6.45, 7) is 0. The molecule has 1 aromatic rings. The van der Waals surface area contributed by atoms with Crippen LogP contribution in [0.1, 0.15) is 17.8 Å². The summed E-state index contributed by atoms with van der Waals surface area (Å²) in [4.78, 5) is 14.0. The van der Waals surface area contributed by atoms with Crippen molar-refractivity contribution < 1.29 is 18.7 Å². The highest BCUT2D eigenvalue weighted by Gasteiger charge is 2.17. The van der Waals surface area contributed by atoms with Gasteiger partial charge in [0.25, 0.3) is 6.43 Å². The molecule has 0 aliphatic rings. The number of hydrogen-bond donors (Lipinski definition) is 1. The molecular weight excluding hydrogens is 340 g/mol. The summed E-state index contributed by atoms with van der Waals surface area (Å²) in [7, 11) is 0. The molecule has 1 heterocycles. The van der Waals surface area contributed by atoms with E-state index in [1.807, 2.05) is 0 Å². The molecule has 0 atom stereocenters. The summed E-state index contributed by atoms with van der Waals surface area (Å²) < 4.78 is 25.4. The van der Waals surface area contributed by atoms with Crippen molar-refractivity contribution in [3.05, 3.63) is 26.4 Å². The SMILES string of the molecule is O=C(O)Cc1nc(C(F)F)c(Br)cc1Br. The van der Waals surface area contributed by atoms with Crippen LogP contribution in [0, 0.1) is 0 Å². The Morgan fingerprint density at radius 1 is 1.47 bits per heavy atom. The molecule has 0 saturated carbocycles. The highest BCUT2D eigenvalue weighted by Crippen LogP contribution is 2.29. The Labute approximate surface area is 101 Å². The Balaban J connectivity index is 3.17. The topological polar surface area (TPSA) is 50.2 Å². The van der Waals surface area contributed by atoms with Gasteiger partial charge in [-0.2, -0.15) is 0 Å². The second-order valence-electron chi connectivity index (χ2n) is 2.66. The molecular formula is C8H5Br2F2NO2. The van der Waals surface area contributed by atoms with Crippen molar-refractivity contribution in [3.8, 4) is 0 Å². The second-order valence-corrected chi connectivity index (χ2v) is 4.36. The number of carboxylic acid groups (broad SMARTS) is 1. The van der Waals surface area contributed by atoms with Gasteiger partial charge in [0, 0.05) is 8.95 Å². The van der Waals surface area contributed by atoms with Gasteiger partial charge in [0.15, 0.2) is 0 Å². The maximum atomic E-state index is 12.4. The van der Waals surface area contributed by atoms with Crippen LogP contribution >= 0.6 is 31.9 Å². The fraction of sp³-hybridized carbons (Fsp3) is 0.250. The highest BCUT2D eigenvalue weighted by molar-refractivity contribution is 9.11. The van der Waals surface area contributed by atoms with Crippen molar-refractivity contribution in [3.63, 3.8) is 0 Å². The molecule has 0 aliphatic heterocycles. The van der Waals surface area contributed by atoms with Crippen LogP contribution in [0.2, 0.25) is 0 Å². The van der Waals surface area contributed by atoms with Crippen LogP contribution in [-0.4, -0.2) is 16.1 Å². The summed E-state index contributed by atoms with van der Waals surface area (Å²) in [5, 5.41) is 8.53. The van der Waals surface area contributed by atoms with Gasteiger partial charge in [0.05, 0.1) is 12.1 Å². The number of aliphatic carboxylic acids is 1. The van der Waals surface area contributed by atoms with Crippen LogP contribution in [0.25, 0.3) is 0 Å². The van der Waals surface area contributed by atoms with Gasteiger partial charge in [0.1, 0.15) is 5.69 Å². The van der Waals surface area contributed by atoms with Crippen LogP contribution in [0.15, 0.2) is 15.0 Å². The fourth-order valence-corrected chi connectivity index (χ4v) is 2.20. The summed E-state index contributed by atoms with van der Waals surface area (Å²) in [6.07, 6.45) is -3.13. The van der Waals surface area contributed by atoms with E-state index in [2.05, 4.69) is 36.8 Å². The molecule has 15 heavy (non-hydrogen) atoms. The van der Waals surface area contributed by atoms with Crippen LogP contribution in [0.5, 0.6) is 0 Å². The largest absolute Gasteiger partial charge is 0.481 e. The lowest BCUT2D eigenvalue weighted by Crippen LogP contribution is -2.06. The first-order valence-electron chi connectivity index (χ1n) is 3.76. The van der Waals surface area contributed by atoms with E-state index in [-0.39, 0.29) is 10.2 Å². The van der Waals surface area contributed by atoms with Crippen LogP contribution in [0.4, 0.5) is 8.78 Å². The number of pyridine rings is 1. The predicted molar refractivity (Wildman–Crippen MR) is 55.9 cm³/mol. The minimum Gasteiger partial charge on any atom is -0.481 e. The quantitative estimate of drug-likeness (QED) is 0.916. The number of nitrogens with zero attached hydrogens (tertiary/aromatic N) is 1. The molecule has 0 spiro atoms. The van der Waals surface area contributed by atoms with E-state index in [0.29, 0.717) is 4.47 Å². The van der Waals surface area contributed by atoms with Gasteiger partial charge >= 0.3 is 5.97 Å².